The predicted molar refractivity (Wildman–Crippen MR) is 63.4 cm³/mol. The largest absolute Gasteiger partial charge is 0.319 e. The van der Waals surface area contributed by atoms with E-state index in [1.165, 1.54) is 0 Å². The summed E-state index contributed by atoms with van der Waals surface area (Å²) in [4.78, 5) is 0. The third-order valence-electron chi connectivity index (χ3n) is 2.82. The molecular formula is C11H16N2O2S. The second kappa shape index (κ2) is 4.53. The molecule has 0 fully saturated rings. The van der Waals surface area contributed by atoms with Crippen molar-refractivity contribution in [2.24, 2.45) is 0 Å². The molecule has 4 nitrogen and oxygen atoms in total. The molecule has 0 saturated heterocycles. The Morgan fingerprint density at radius 2 is 1.81 bits per heavy atom. The number of sulfonamides is 1. The molecule has 0 saturated carbocycles. The van der Waals surface area contributed by atoms with Crippen LogP contribution in [0.2, 0.25) is 0 Å². The van der Waals surface area contributed by atoms with Crippen molar-refractivity contribution in [2.75, 3.05) is 19.3 Å². The molecule has 0 aromatic heterocycles. The Balaban J connectivity index is 2.11. The fourth-order valence-electron chi connectivity index (χ4n) is 1.86. The van der Waals surface area contributed by atoms with Gasteiger partial charge in [-0.25, -0.2) is 8.42 Å². The van der Waals surface area contributed by atoms with E-state index >= 15 is 0 Å². The summed E-state index contributed by atoms with van der Waals surface area (Å²) in [6.45, 7) is 1.53. The number of rotatable bonds is 4. The Labute approximate surface area is 96.3 Å². The zero-order valence-electron chi connectivity index (χ0n) is 9.31. The van der Waals surface area contributed by atoms with Crippen LogP contribution in [-0.4, -0.2) is 32.1 Å². The summed E-state index contributed by atoms with van der Waals surface area (Å²) in [5, 5.41) is 2.86. The highest BCUT2D eigenvalue weighted by Gasteiger charge is 2.27. The lowest BCUT2D eigenvalue weighted by atomic mass is 10.1. The van der Waals surface area contributed by atoms with Crippen LogP contribution in [0.5, 0.6) is 0 Å². The summed E-state index contributed by atoms with van der Waals surface area (Å²) < 4.78 is 25.4. The van der Waals surface area contributed by atoms with E-state index in [1.807, 2.05) is 24.3 Å². The Bertz CT molecular complexity index is 446. The van der Waals surface area contributed by atoms with Crippen LogP contribution >= 0.6 is 0 Å². The highest BCUT2D eigenvalue weighted by atomic mass is 32.2. The molecule has 0 amide bonds. The van der Waals surface area contributed by atoms with Gasteiger partial charge in [-0.1, -0.05) is 24.3 Å². The maximum Gasteiger partial charge on any atom is 0.215 e. The van der Waals surface area contributed by atoms with Gasteiger partial charge < -0.3 is 5.32 Å². The molecule has 88 valence electrons. The second-order valence-corrected chi connectivity index (χ2v) is 6.04. The van der Waals surface area contributed by atoms with E-state index in [9.17, 15) is 8.42 Å². The Morgan fingerprint density at radius 1 is 1.25 bits per heavy atom. The van der Waals surface area contributed by atoms with Crippen LogP contribution in [0.25, 0.3) is 0 Å². The first-order chi connectivity index (χ1) is 7.63. The van der Waals surface area contributed by atoms with Gasteiger partial charge in [0.2, 0.25) is 10.0 Å². The third kappa shape index (κ3) is 2.26. The van der Waals surface area contributed by atoms with E-state index in [0.29, 0.717) is 19.6 Å². The van der Waals surface area contributed by atoms with Gasteiger partial charge in [-0.15, -0.1) is 0 Å². The van der Waals surface area contributed by atoms with Crippen LogP contribution in [-0.2, 0) is 23.1 Å². The smallest absolute Gasteiger partial charge is 0.215 e. The van der Waals surface area contributed by atoms with E-state index in [4.69, 9.17) is 0 Å². The SMILES string of the molecule is CNCCS(=O)(=O)N1Cc2ccccc2C1. The van der Waals surface area contributed by atoms with E-state index in [2.05, 4.69) is 5.32 Å². The number of nitrogens with zero attached hydrogens (tertiary/aromatic N) is 1. The molecule has 0 aliphatic carbocycles. The van der Waals surface area contributed by atoms with Crippen LogP contribution in [0.15, 0.2) is 24.3 Å². The number of fused-ring (bicyclic) bond motifs is 1. The molecular weight excluding hydrogens is 224 g/mol. The molecule has 16 heavy (non-hydrogen) atoms. The van der Waals surface area contributed by atoms with Crippen molar-refractivity contribution in [3.05, 3.63) is 35.4 Å². The zero-order chi connectivity index (χ0) is 11.6. The molecule has 0 unspecified atom stereocenters. The lowest BCUT2D eigenvalue weighted by Gasteiger charge is -2.15. The number of hydrogen-bond acceptors (Lipinski definition) is 3. The number of hydrogen-bond donors (Lipinski definition) is 1. The monoisotopic (exact) mass is 240 g/mol. The van der Waals surface area contributed by atoms with Crippen LogP contribution in [0, 0.1) is 0 Å². The summed E-state index contributed by atoms with van der Waals surface area (Å²) in [6, 6.07) is 7.87. The van der Waals surface area contributed by atoms with E-state index in [-0.39, 0.29) is 5.75 Å². The minimum absolute atomic E-state index is 0.164. The zero-order valence-corrected chi connectivity index (χ0v) is 10.1. The molecule has 0 spiro atoms. The maximum absolute atomic E-state index is 11.9. The number of nitrogens with one attached hydrogen (secondary N) is 1. The second-order valence-electron chi connectivity index (χ2n) is 3.96. The molecule has 0 atom stereocenters. The first kappa shape index (κ1) is 11.6. The molecule has 0 radical (unpaired) electrons. The highest BCUT2D eigenvalue weighted by molar-refractivity contribution is 7.89. The summed E-state index contributed by atoms with van der Waals surface area (Å²) in [7, 11) is -1.36. The summed E-state index contributed by atoms with van der Waals surface area (Å²) >= 11 is 0. The van der Waals surface area contributed by atoms with E-state index < -0.39 is 10.0 Å². The summed E-state index contributed by atoms with van der Waals surface area (Å²) in [5.41, 5.74) is 2.24. The Morgan fingerprint density at radius 3 is 2.31 bits per heavy atom. The molecule has 2 rings (SSSR count). The van der Waals surface area contributed by atoms with Gasteiger partial charge >= 0.3 is 0 Å². The van der Waals surface area contributed by atoms with Crippen molar-refractivity contribution in [3.63, 3.8) is 0 Å². The van der Waals surface area contributed by atoms with Gasteiger partial charge in [0.1, 0.15) is 0 Å². The average Bonchev–Trinajstić information content (AvgIpc) is 2.71. The predicted octanol–water partition coefficient (Wildman–Crippen LogP) is 0.551. The van der Waals surface area contributed by atoms with Gasteiger partial charge in [-0.05, 0) is 18.2 Å². The van der Waals surface area contributed by atoms with E-state index in [0.717, 1.165) is 11.1 Å². The standard InChI is InChI=1S/C11H16N2O2S/c1-12-6-7-16(14,15)13-8-10-4-2-3-5-11(10)9-13/h2-5,12H,6-9H2,1H3. The molecule has 1 N–H and O–H groups in total. The first-order valence-electron chi connectivity index (χ1n) is 5.33. The third-order valence-corrected chi connectivity index (χ3v) is 4.58. The molecule has 1 aromatic carbocycles. The molecule has 0 bridgehead atoms. The van der Waals surface area contributed by atoms with Crippen LogP contribution < -0.4 is 5.32 Å². The van der Waals surface area contributed by atoms with Crippen molar-refractivity contribution in [3.8, 4) is 0 Å². The Hall–Kier alpha value is -0.910. The highest BCUT2D eigenvalue weighted by Crippen LogP contribution is 2.24. The minimum atomic E-state index is -3.12. The number of benzene rings is 1. The fraction of sp³-hybridized carbons (Fsp3) is 0.455. The Kier molecular flexibility index (Phi) is 3.28. The quantitative estimate of drug-likeness (QED) is 0.836. The summed E-state index contributed by atoms with van der Waals surface area (Å²) in [5.74, 6) is 0.164. The molecule has 1 heterocycles. The van der Waals surface area contributed by atoms with Crippen LogP contribution in [0.3, 0.4) is 0 Å². The normalized spacial score (nSPS) is 16.3. The van der Waals surface area contributed by atoms with E-state index in [1.54, 1.807) is 11.4 Å². The van der Waals surface area contributed by atoms with Gasteiger partial charge in [0, 0.05) is 19.6 Å². The van der Waals surface area contributed by atoms with Crippen molar-refractivity contribution >= 4 is 10.0 Å². The lowest BCUT2D eigenvalue weighted by Crippen LogP contribution is -2.32. The van der Waals surface area contributed by atoms with Crippen molar-refractivity contribution in [2.45, 2.75) is 13.1 Å². The minimum Gasteiger partial charge on any atom is -0.319 e. The van der Waals surface area contributed by atoms with Crippen molar-refractivity contribution in [1.82, 2.24) is 9.62 Å². The van der Waals surface area contributed by atoms with Crippen molar-refractivity contribution in [1.29, 1.82) is 0 Å². The van der Waals surface area contributed by atoms with Gasteiger partial charge in [-0.3, -0.25) is 0 Å². The van der Waals surface area contributed by atoms with Crippen LogP contribution in [0.4, 0.5) is 0 Å². The maximum atomic E-state index is 11.9. The van der Waals surface area contributed by atoms with Gasteiger partial charge in [0.15, 0.2) is 0 Å². The summed E-state index contributed by atoms with van der Waals surface area (Å²) in [6.07, 6.45) is 0. The average molecular weight is 240 g/mol. The lowest BCUT2D eigenvalue weighted by molar-refractivity contribution is 0.431. The molecule has 1 aliphatic rings. The van der Waals surface area contributed by atoms with Crippen LogP contribution in [0.1, 0.15) is 11.1 Å². The fourth-order valence-corrected chi connectivity index (χ4v) is 3.25. The first-order valence-corrected chi connectivity index (χ1v) is 6.93. The molecule has 1 aliphatic heterocycles. The van der Waals surface area contributed by atoms with Gasteiger partial charge in [0.05, 0.1) is 5.75 Å². The van der Waals surface area contributed by atoms with Gasteiger partial charge in [-0.2, -0.15) is 4.31 Å². The van der Waals surface area contributed by atoms with Gasteiger partial charge in [0.25, 0.3) is 0 Å². The topological polar surface area (TPSA) is 49.4 Å². The molecule has 5 heteroatoms. The molecule has 1 aromatic rings. The van der Waals surface area contributed by atoms with Crippen molar-refractivity contribution < 1.29 is 8.42 Å².